The van der Waals surface area contributed by atoms with Gasteiger partial charge in [-0.15, -0.1) is 0 Å². The van der Waals surface area contributed by atoms with Crippen molar-refractivity contribution >= 4 is 8.07 Å². The lowest BCUT2D eigenvalue weighted by Gasteiger charge is -2.31. The molecule has 0 saturated heterocycles. The molecule has 1 heteroatoms. The minimum atomic E-state index is -0.837. The van der Waals surface area contributed by atoms with Crippen molar-refractivity contribution in [1.82, 2.24) is 0 Å². The van der Waals surface area contributed by atoms with E-state index >= 15 is 0 Å². The summed E-state index contributed by atoms with van der Waals surface area (Å²) >= 11 is 0. The molecule has 0 heterocycles. The second-order valence-corrected chi connectivity index (χ2v) is 10.2. The Labute approximate surface area is 98.9 Å². The molecule has 0 N–H and O–H groups in total. The van der Waals surface area contributed by atoms with E-state index in [2.05, 4.69) is 27.7 Å². The lowest BCUT2D eigenvalue weighted by molar-refractivity contribution is 0.796. The monoisotopic (exact) mass is 228 g/mol. The molecule has 0 aliphatic carbocycles. The van der Waals surface area contributed by atoms with Crippen LogP contribution < -0.4 is 0 Å². The lowest BCUT2D eigenvalue weighted by atomic mass is 10.4. The maximum Gasteiger partial charge on any atom is 0.0535 e. The Morgan fingerprint density at radius 2 is 0.933 bits per heavy atom. The third-order valence-electron chi connectivity index (χ3n) is 3.68. The summed E-state index contributed by atoms with van der Waals surface area (Å²) in [4.78, 5) is 0. The standard InChI is InChI=1S/C14H32Si/c1-5-9-13-15(11-7-3,12-8-4)14-10-6-2/h5-14H2,1-4H3. The summed E-state index contributed by atoms with van der Waals surface area (Å²) < 4.78 is 0. The molecule has 0 aromatic heterocycles. The second-order valence-electron chi connectivity index (χ2n) is 5.21. The summed E-state index contributed by atoms with van der Waals surface area (Å²) in [6.07, 6.45) is 8.65. The summed E-state index contributed by atoms with van der Waals surface area (Å²) in [7, 11) is -0.837. The molecule has 0 aromatic carbocycles. The molecule has 0 aromatic rings. The van der Waals surface area contributed by atoms with E-state index in [-0.39, 0.29) is 0 Å². The SMILES string of the molecule is CCCC[Si](CCC)(CCC)CCCC. The maximum absolute atomic E-state index is 2.38. The van der Waals surface area contributed by atoms with Crippen molar-refractivity contribution in [1.29, 1.82) is 0 Å². The molecule has 0 fully saturated rings. The van der Waals surface area contributed by atoms with Crippen LogP contribution >= 0.6 is 0 Å². The number of unbranched alkanes of at least 4 members (excludes halogenated alkanes) is 2. The van der Waals surface area contributed by atoms with E-state index in [0.717, 1.165) is 0 Å². The minimum absolute atomic E-state index is 0.837. The number of hydrogen-bond acceptors (Lipinski definition) is 0. The molecule has 0 bridgehead atoms. The Morgan fingerprint density at radius 1 is 0.533 bits per heavy atom. The van der Waals surface area contributed by atoms with Gasteiger partial charge in [0.05, 0.1) is 8.07 Å². The third kappa shape index (κ3) is 6.39. The zero-order valence-corrected chi connectivity index (χ0v) is 12.6. The van der Waals surface area contributed by atoms with Crippen LogP contribution in [0.25, 0.3) is 0 Å². The van der Waals surface area contributed by atoms with Gasteiger partial charge in [-0.2, -0.15) is 0 Å². The average molecular weight is 228 g/mol. The molecule has 0 aliphatic heterocycles. The molecule has 0 saturated carbocycles. The van der Waals surface area contributed by atoms with Gasteiger partial charge in [-0.3, -0.25) is 0 Å². The molecular weight excluding hydrogens is 196 g/mol. The van der Waals surface area contributed by atoms with E-state index < -0.39 is 8.07 Å². The molecule has 0 atom stereocenters. The first-order valence-electron chi connectivity index (χ1n) is 7.24. The van der Waals surface area contributed by atoms with E-state index in [1.54, 1.807) is 24.2 Å². The Hall–Kier alpha value is 0.217. The highest BCUT2D eigenvalue weighted by Crippen LogP contribution is 2.32. The predicted octanol–water partition coefficient (Wildman–Crippen LogP) is 5.86. The van der Waals surface area contributed by atoms with Gasteiger partial charge in [0, 0.05) is 0 Å². The summed E-state index contributed by atoms with van der Waals surface area (Å²) in [5.41, 5.74) is 0. The lowest BCUT2D eigenvalue weighted by Crippen LogP contribution is -2.33. The van der Waals surface area contributed by atoms with Crippen LogP contribution in [-0.4, -0.2) is 8.07 Å². The fraction of sp³-hybridized carbons (Fsp3) is 1.00. The third-order valence-corrected chi connectivity index (χ3v) is 9.63. The summed E-state index contributed by atoms with van der Waals surface area (Å²) in [6.45, 7) is 9.46. The Morgan fingerprint density at radius 3 is 1.20 bits per heavy atom. The van der Waals surface area contributed by atoms with Gasteiger partial charge in [0.25, 0.3) is 0 Å². The van der Waals surface area contributed by atoms with E-state index in [9.17, 15) is 0 Å². The smallest absolute Gasteiger partial charge is 0.0535 e. The fourth-order valence-corrected chi connectivity index (χ4v) is 8.74. The zero-order chi connectivity index (χ0) is 11.6. The van der Waals surface area contributed by atoms with Gasteiger partial charge in [0.1, 0.15) is 0 Å². The van der Waals surface area contributed by atoms with Crippen molar-refractivity contribution < 1.29 is 0 Å². The topological polar surface area (TPSA) is 0 Å². The first kappa shape index (κ1) is 15.2. The average Bonchev–Trinajstić information content (AvgIpc) is 2.24. The van der Waals surface area contributed by atoms with E-state index in [1.807, 2.05) is 0 Å². The van der Waals surface area contributed by atoms with Gasteiger partial charge < -0.3 is 0 Å². The first-order valence-corrected chi connectivity index (χ1v) is 10.1. The molecule has 0 amide bonds. The Balaban J connectivity index is 4.26. The first-order chi connectivity index (χ1) is 7.24. The molecule has 0 nitrogen and oxygen atoms in total. The largest absolute Gasteiger partial charge is 0.0657 e. The highest BCUT2D eigenvalue weighted by atomic mass is 28.3. The van der Waals surface area contributed by atoms with E-state index in [0.29, 0.717) is 0 Å². The van der Waals surface area contributed by atoms with Gasteiger partial charge in [-0.1, -0.05) is 90.4 Å². The summed E-state index contributed by atoms with van der Waals surface area (Å²) in [5, 5.41) is 0. The minimum Gasteiger partial charge on any atom is -0.0657 e. The Bertz CT molecular complexity index is 115. The molecule has 0 unspecified atom stereocenters. The van der Waals surface area contributed by atoms with Crippen LogP contribution in [-0.2, 0) is 0 Å². The van der Waals surface area contributed by atoms with Crippen molar-refractivity contribution in [2.24, 2.45) is 0 Å². The van der Waals surface area contributed by atoms with E-state index in [1.165, 1.54) is 38.5 Å². The summed E-state index contributed by atoms with van der Waals surface area (Å²) in [6, 6.07) is 6.43. The van der Waals surface area contributed by atoms with Crippen molar-refractivity contribution in [2.45, 2.75) is 90.4 Å². The van der Waals surface area contributed by atoms with Crippen LogP contribution in [0.1, 0.15) is 66.2 Å². The molecular formula is C14H32Si. The molecule has 15 heavy (non-hydrogen) atoms. The van der Waals surface area contributed by atoms with E-state index in [4.69, 9.17) is 0 Å². The van der Waals surface area contributed by atoms with Gasteiger partial charge in [-0.25, -0.2) is 0 Å². The van der Waals surface area contributed by atoms with Crippen LogP contribution in [0.15, 0.2) is 0 Å². The normalized spacial score (nSPS) is 12.0. The molecule has 0 aliphatic rings. The van der Waals surface area contributed by atoms with Gasteiger partial charge >= 0.3 is 0 Å². The highest BCUT2D eigenvalue weighted by Gasteiger charge is 2.29. The maximum atomic E-state index is 2.38. The van der Waals surface area contributed by atoms with Crippen molar-refractivity contribution in [3.05, 3.63) is 0 Å². The summed E-state index contributed by atoms with van der Waals surface area (Å²) in [5.74, 6) is 0. The van der Waals surface area contributed by atoms with Crippen LogP contribution in [0.3, 0.4) is 0 Å². The molecule has 0 rings (SSSR count). The molecule has 0 spiro atoms. The van der Waals surface area contributed by atoms with Crippen LogP contribution in [0.5, 0.6) is 0 Å². The predicted molar refractivity (Wildman–Crippen MR) is 75.4 cm³/mol. The van der Waals surface area contributed by atoms with Gasteiger partial charge in [0.15, 0.2) is 0 Å². The number of hydrogen-bond donors (Lipinski definition) is 0. The zero-order valence-electron chi connectivity index (χ0n) is 11.6. The highest BCUT2D eigenvalue weighted by molar-refractivity contribution is 6.79. The van der Waals surface area contributed by atoms with Gasteiger partial charge in [-0.05, 0) is 0 Å². The second kappa shape index (κ2) is 9.44. The van der Waals surface area contributed by atoms with Crippen LogP contribution in [0, 0.1) is 0 Å². The van der Waals surface area contributed by atoms with Crippen molar-refractivity contribution in [3.63, 3.8) is 0 Å². The van der Waals surface area contributed by atoms with Crippen molar-refractivity contribution in [2.75, 3.05) is 0 Å². The number of rotatable bonds is 10. The molecule has 0 radical (unpaired) electrons. The quantitative estimate of drug-likeness (QED) is 0.411. The Kier molecular flexibility index (Phi) is 9.58. The van der Waals surface area contributed by atoms with Gasteiger partial charge in [0.2, 0.25) is 0 Å². The fourth-order valence-electron chi connectivity index (χ4n) is 2.91. The van der Waals surface area contributed by atoms with Crippen molar-refractivity contribution in [3.8, 4) is 0 Å². The van der Waals surface area contributed by atoms with Crippen LogP contribution in [0.2, 0.25) is 24.2 Å². The molecule has 92 valence electrons. The van der Waals surface area contributed by atoms with Crippen LogP contribution in [0.4, 0.5) is 0 Å².